The van der Waals surface area contributed by atoms with Crippen LogP contribution in [0, 0.1) is 12.8 Å². The topological polar surface area (TPSA) is 83.6 Å². The fourth-order valence-corrected chi connectivity index (χ4v) is 3.16. The molecule has 0 aromatic carbocycles. The second-order valence-electron chi connectivity index (χ2n) is 5.61. The van der Waals surface area contributed by atoms with Gasteiger partial charge < -0.3 is 5.32 Å². The van der Waals surface area contributed by atoms with E-state index in [2.05, 4.69) is 39.3 Å². The lowest BCUT2D eigenvalue weighted by atomic mass is 10.1. The molecule has 3 rings (SSSR count). The van der Waals surface area contributed by atoms with Gasteiger partial charge in [-0.1, -0.05) is 13.8 Å². The Bertz CT molecular complexity index is 820. The van der Waals surface area contributed by atoms with Gasteiger partial charge >= 0.3 is 0 Å². The van der Waals surface area contributed by atoms with Crippen LogP contribution in [0.1, 0.15) is 34.2 Å². The Hall–Kier alpha value is -2.28. The third-order valence-electron chi connectivity index (χ3n) is 3.22. The number of aromatic nitrogens is 4. The van der Waals surface area contributed by atoms with E-state index in [1.54, 1.807) is 12.4 Å². The molecule has 0 saturated heterocycles. The van der Waals surface area contributed by atoms with Crippen molar-refractivity contribution in [2.24, 2.45) is 5.92 Å². The van der Waals surface area contributed by atoms with Crippen molar-refractivity contribution < 1.29 is 4.79 Å². The Morgan fingerprint density at radius 3 is 2.95 bits per heavy atom. The van der Waals surface area contributed by atoms with Crippen LogP contribution in [0.25, 0.3) is 11.0 Å². The summed E-state index contributed by atoms with van der Waals surface area (Å²) >= 11 is 1.43. The molecule has 0 aliphatic carbocycles. The van der Waals surface area contributed by atoms with E-state index >= 15 is 0 Å². The summed E-state index contributed by atoms with van der Waals surface area (Å²) in [7, 11) is 0. The van der Waals surface area contributed by atoms with Gasteiger partial charge in [0.2, 0.25) is 0 Å². The van der Waals surface area contributed by atoms with Gasteiger partial charge in [-0.15, -0.1) is 11.3 Å². The van der Waals surface area contributed by atoms with Crippen LogP contribution in [0.2, 0.25) is 0 Å². The normalized spacial score (nSPS) is 11.3. The molecule has 7 heteroatoms. The van der Waals surface area contributed by atoms with E-state index in [-0.39, 0.29) is 5.91 Å². The predicted molar refractivity (Wildman–Crippen MR) is 87.2 cm³/mol. The Morgan fingerprint density at radius 2 is 2.18 bits per heavy atom. The van der Waals surface area contributed by atoms with Crippen LogP contribution in [0.3, 0.4) is 0 Å². The fourth-order valence-electron chi connectivity index (χ4n) is 2.14. The molecule has 0 atom stereocenters. The van der Waals surface area contributed by atoms with Crippen LogP contribution in [0.5, 0.6) is 0 Å². The first kappa shape index (κ1) is 14.6. The third-order valence-corrected chi connectivity index (χ3v) is 4.24. The molecule has 0 aliphatic rings. The highest BCUT2D eigenvalue weighted by Crippen LogP contribution is 2.20. The largest absolute Gasteiger partial charge is 0.320 e. The number of aryl methyl sites for hydroxylation is 1. The number of nitrogens with one attached hydrogen (secondary N) is 2. The summed E-state index contributed by atoms with van der Waals surface area (Å²) < 4.78 is 0. The number of carbonyl (C=O) groups is 1. The van der Waals surface area contributed by atoms with Gasteiger partial charge in [-0.25, -0.2) is 9.97 Å². The van der Waals surface area contributed by atoms with Gasteiger partial charge in [0, 0.05) is 17.5 Å². The van der Waals surface area contributed by atoms with Gasteiger partial charge in [0.1, 0.15) is 4.88 Å². The molecule has 0 fully saturated rings. The van der Waals surface area contributed by atoms with Gasteiger partial charge in [-0.2, -0.15) is 5.10 Å². The maximum Gasteiger partial charge on any atom is 0.267 e. The second kappa shape index (κ2) is 5.84. The maximum atomic E-state index is 12.3. The van der Waals surface area contributed by atoms with Gasteiger partial charge in [-0.05, 0) is 18.9 Å². The lowest BCUT2D eigenvalue weighted by molar-refractivity contribution is 0.103. The average Bonchev–Trinajstić information content (AvgIpc) is 3.06. The number of thiazole rings is 1. The number of nitrogens with zero attached hydrogens (tertiary/aromatic N) is 3. The molecule has 3 aromatic rings. The number of rotatable bonds is 4. The first-order valence-electron chi connectivity index (χ1n) is 7.09. The molecule has 0 radical (unpaired) electrons. The zero-order valence-electron chi connectivity index (χ0n) is 12.7. The maximum absolute atomic E-state index is 12.3. The van der Waals surface area contributed by atoms with Crippen molar-refractivity contribution in [3.05, 3.63) is 34.0 Å². The molecule has 0 saturated carbocycles. The summed E-state index contributed by atoms with van der Waals surface area (Å²) in [6.07, 6.45) is 4.13. The van der Waals surface area contributed by atoms with Crippen LogP contribution in [0.15, 0.2) is 18.5 Å². The van der Waals surface area contributed by atoms with Crippen LogP contribution in [-0.4, -0.2) is 26.1 Å². The van der Waals surface area contributed by atoms with Crippen molar-refractivity contribution in [2.75, 3.05) is 5.32 Å². The molecule has 0 unspecified atom stereocenters. The lowest BCUT2D eigenvalue weighted by Gasteiger charge is -2.03. The van der Waals surface area contributed by atoms with E-state index in [0.717, 1.165) is 22.5 Å². The molecule has 22 heavy (non-hydrogen) atoms. The van der Waals surface area contributed by atoms with Gasteiger partial charge in [-0.3, -0.25) is 9.89 Å². The number of hydrogen-bond acceptors (Lipinski definition) is 5. The summed E-state index contributed by atoms with van der Waals surface area (Å²) in [5, 5.41) is 11.7. The number of hydrogen-bond donors (Lipinski definition) is 2. The zero-order chi connectivity index (χ0) is 15.7. The molecular weight excluding hydrogens is 298 g/mol. The smallest absolute Gasteiger partial charge is 0.267 e. The van der Waals surface area contributed by atoms with Crippen molar-refractivity contribution in [2.45, 2.75) is 27.2 Å². The van der Waals surface area contributed by atoms with Crippen molar-refractivity contribution in [3.8, 4) is 0 Å². The molecular formula is C15H17N5OS. The highest BCUT2D eigenvalue weighted by molar-refractivity contribution is 7.13. The molecule has 1 amide bonds. The Morgan fingerprint density at radius 1 is 1.36 bits per heavy atom. The first-order valence-corrected chi connectivity index (χ1v) is 7.91. The van der Waals surface area contributed by atoms with Crippen molar-refractivity contribution in [1.82, 2.24) is 20.2 Å². The van der Waals surface area contributed by atoms with E-state index in [4.69, 9.17) is 0 Å². The monoisotopic (exact) mass is 315 g/mol. The number of fused-ring (bicyclic) bond motifs is 1. The van der Waals surface area contributed by atoms with E-state index in [1.165, 1.54) is 11.3 Å². The highest BCUT2D eigenvalue weighted by atomic mass is 32.1. The molecule has 3 heterocycles. The van der Waals surface area contributed by atoms with E-state index < -0.39 is 0 Å². The number of H-pyrrole nitrogens is 1. The van der Waals surface area contributed by atoms with E-state index in [0.29, 0.717) is 22.1 Å². The molecule has 114 valence electrons. The molecule has 6 nitrogen and oxygen atoms in total. The summed E-state index contributed by atoms with van der Waals surface area (Å²) in [5.41, 5.74) is 2.23. The molecule has 0 aliphatic heterocycles. The number of pyridine rings is 1. The average molecular weight is 315 g/mol. The van der Waals surface area contributed by atoms with Crippen molar-refractivity contribution in [1.29, 1.82) is 0 Å². The number of amides is 1. The quantitative estimate of drug-likeness (QED) is 0.774. The first-order chi connectivity index (χ1) is 10.5. The minimum Gasteiger partial charge on any atom is -0.320 e. The summed E-state index contributed by atoms with van der Waals surface area (Å²) in [5.74, 6) is 0.368. The van der Waals surface area contributed by atoms with Crippen LogP contribution >= 0.6 is 11.3 Å². The molecule has 3 aromatic heterocycles. The SMILES string of the molecule is Cc1[nH]nc2ncc(NC(=O)c3cnc(CC(C)C)s3)cc12. The van der Waals surface area contributed by atoms with Crippen molar-refractivity contribution >= 4 is 34.0 Å². The number of aromatic amines is 1. The zero-order valence-corrected chi connectivity index (χ0v) is 13.5. The van der Waals surface area contributed by atoms with Gasteiger partial charge in [0.05, 0.1) is 23.1 Å². The highest BCUT2D eigenvalue weighted by Gasteiger charge is 2.13. The summed E-state index contributed by atoms with van der Waals surface area (Å²) in [6.45, 7) is 6.19. The summed E-state index contributed by atoms with van der Waals surface area (Å²) in [6, 6.07) is 1.87. The minimum atomic E-state index is -0.158. The van der Waals surface area contributed by atoms with E-state index in [9.17, 15) is 4.79 Å². The predicted octanol–water partition coefficient (Wildman–Crippen LogP) is 3.17. The van der Waals surface area contributed by atoms with E-state index in [1.807, 2.05) is 13.0 Å². The summed E-state index contributed by atoms with van der Waals surface area (Å²) in [4.78, 5) is 21.4. The van der Waals surface area contributed by atoms with Gasteiger partial charge in [0.25, 0.3) is 5.91 Å². The van der Waals surface area contributed by atoms with Crippen LogP contribution in [-0.2, 0) is 6.42 Å². The Kier molecular flexibility index (Phi) is 3.89. The van der Waals surface area contributed by atoms with Crippen LogP contribution in [0.4, 0.5) is 5.69 Å². The minimum absolute atomic E-state index is 0.158. The van der Waals surface area contributed by atoms with Crippen molar-refractivity contribution in [3.63, 3.8) is 0 Å². The fraction of sp³-hybridized carbons (Fsp3) is 0.333. The van der Waals surface area contributed by atoms with Gasteiger partial charge in [0.15, 0.2) is 5.65 Å². The molecule has 0 bridgehead atoms. The number of carbonyl (C=O) groups excluding carboxylic acids is 1. The lowest BCUT2D eigenvalue weighted by Crippen LogP contribution is -2.10. The Balaban J connectivity index is 1.77. The van der Waals surface area contributed by atoms with Crippen LogP contribution < -0.4 is 5.32 Å². The molecule has 2 N–H and O–H groups in total. The second-order valence-corrected chi connectivity index (χ2v) is 6.73. The standard InChI is InChI=1S/C15H17N5OS/c1-8(2)4-13-16-7-12(22-13)15(21)18-10-5-11-9(3)19-20-14(11)17-6-10/h5-8H,4H2,1-3H3,(H,18,21)(H,17,19,20). The Labute approximate surface area is 132 Å². The molecule has 0 spiro atoms. The number of anilines is 1. The third kappa shape index (κ3) is 2.99.